The fourth-order valence-corrected chi connectivity index (χ4v) is 1.97. The summed E-state index contributed by atoms with van der Waals surface area (Å²) < 4.78 is 21.9. The Hall–Kier alpha value is -0.622. The molecule has 0 aliphatic heterocycles. The van der Waals surface area contributed by atoms with Crippen LogP contribution in [0.15, 0.2) is 24.3 Å². The molecule has 0 bridgehead atoms. The van der Waals surface area contributed by atoms with E-state index >= 15 is 0 Å². The van der Waals surface area contributed by atoms with Gasteiger partial charge in [-0.1, -0.05) is 0 Å². The summed E-state index contributed by atoms with van der Waals surface area (Å²) in [5.74, 6) is 0.388. The van der Waals surface area contributed by atoms with Gasteiger partial charge in [-0.3, -0.25) is 0 Å². The molecule has 1 aromatic rings. The van der Waals surface area contributed by atoms with E-state index in [4.69, 9.17) is 0 Å². The van der Waals surface area contributed by atoms with Gasteiger partial charge in [0.15, 0.2) is 0 Å². The number of benzene rings is 1. The Bertz CT molecular complexity index is 332. The number of hydrogen-bond acceptors (Lipinski definition) is 2. The van der Waals surface area contributed by atoms with E-state index in [2.05, 4.69) is 0 Å². The van der Waals surface area contributed by atoms with Crippen molar-refractivity contribution >= 4 is 18.9 Å². The van der Waals surface area contributed by atoms with Crippen LogP contribution in [0.25, 0.3) is 0 Å². The fourth-order valence-electron chi connectivity index (χ4n) is 0.997. The van der Waals surface area contributed by atoms with Crippen molar-refractivity contribution in [1.82, 2.24) is 0 Å². The van der Waals surface area contributed by atoms with Gasteiger partial charge in [-0.25, -0.2) is 0 Å². The van der Waals surface area contributed by atoms with Crippen LogP contribution in [0.1, 0.15) is 25.3 Å². The van der Waals surface area contributed by atoms with Crippen LogP contribution in [0.4, 0.5) is 0 Å². The van der Waals surface area contributed by atoms with Crippen molar-refractivity contribution in [3.63, 3.8) is 0 Å². The molecule has 0 atom stereocenters. The Morgan fingerprint density at radius 3 is 2.42 bits per heavy atom. The molecule has 0 aliphatic carbocycles. The summed E-state index contributed by atoms with van der Waals surface area (Å²) in [7, 11) is 0. The van der Waals surface area contributed by atoms with Crippen molar-refractivity contribution in [3.8, 4) is 0 Å². The van der Waals surface area contributed by atoms with Crippen LogP contribution in [0.3, 0.4) is 0 Å². The van der Waals surface area contributed by atoms with E-state index in [1.807, 2.05) is 19.9 Å². The van der Waals surface area contributed by atoms with E-state index in [0.29, 0.717) is 10.3 Å². The van der Waals surface area contributed by atoms with Crippen LogP contribution < -0.4 is 4.35 Å². The van der Waals surface area contributed by atoms with Gasteiger partial charge >= 0.3 is 76.0 Å². The second-order valence-corrected chi connectivity index (χ2v) is 5.17. The minimum atomic E-state index is -3.16. The van der Waals surface area contributed by atoms with Gasteiger partial charge in [-0.15, -0.1) is 0 Å². The van der Waals surface area contributed by atoms with Crippen molar-refractivity contribution in [1.29, 1.82) is 0 Å². The topological polar surface area (TPSA) is 34.1 Å². The maximum atomic E-state index is 10.7. The van der Waals surface area contributed by atoms with Crippen molar-refractivity contribution < 1.29 is 7.48 Å². The van der Waals surface area contributed by atoms with E-state index in [9.17, 15) is 7.48 Å². The van der Waals surface area contributed by atoms with E-state index in [1.165, 1.54) is 0 Å². The van der Waals surface area contributed by atoms with Gasteiger partial charge in [0.2, 0.25) is 0 Å². The summed E-state index contributed by atoms with van der Waals surface area (Å²) in [6.45, 7) is 4.10. The Morgan fingerprint density at radius 2 is 1.92 bits per heavy atom. The Morgan fingerprint density at radius 1 is 1.25 bits per heavy atom. The molecule has 0 heterocycles. The Kier molecular flexibility index (Phi) is 3.04. The molecule has 0 saturated carbocycles. The van der Waals surface area contributed by atoms with Gasteiger partial charge in [0, 0.05) is 0 Å². The van der Waals surface area contributed by atoms with Crippen molar-refractivity contribution in [2.75, 3.05) is 0 Å². The normalized spacial score (nSPS) is 10.2. The van der Waals surface area contributed by atoms with Crippen molar-refractivity contribution in [2.24, 2.45) is 0 Å². The monoisotopic (exact) mass is 226 g/mol. The molecule has 64 valence electrons. The summed E-state index contributed by atoms with van der Waals surface area (Å²) in [5, 5.41) is 0. The molecule has 0 fully saturated rings. The Balaban J connectivity index is 3.12. The Labute approximate surface area is 76.3 Å². The molecular formula is C9H11AsO2. The first-order valence-corrected chi connectivity index (χ1v) is 6.32. The van der Waals surface area contributed by atoms with Gasteiger partial charge < -0.3 is 0 Å². The molecule has 0 unspecified atom stereocenters. The molecule has 0 aliphatic rings. The third kappa shape index (κ3) is 2.18. The zero-order valence-corrected chi connectivity index (χ0v) is 9.03. The second kappa shape index (κ2) is 3.86. The molecule has 12 heavy (non-hydrogen) atoms. The molecule has 3 heteroatoms. The first-order valence-electron chi connectivity index (χ1n) is 3.85. The van der Waals surface area contributed by atoms with Gasteiger partial charge in [-0.2, -0.15) is 0 Å². The SMILES string of the molecule is CC(C)c1cccc([As](=O)=O)c1. The van der Waals surface area contributed by atoms with Crippen molar-refractivity contribution in [2.45, 2.75) is 19.8 Å². The van der Waals surface area contributed by atoms with Gasteiger partial charge in [0.25, 0.3) is 0 Å². The van der Waals surface area contributed by atoms with Gasteiger partial charge in [0.1, 0.15) is 0 Å². The predicted molar refractivity (Wildman–Crippen MR) is 47.3 cm³/mol. The fraction of sp³-hybridized carbons (Fsp3) is 0.333. The summed E-state index contributed by atoms with van der Waals surface area (Å²) in [6, 6.07) is 7.14. The van der Waals surface area contributed by atoms with Crippen molar-refractivity contribution in [3.05, 3.63) is 29.8 Å². The quantitative estimate of drug-likeness (QED) is 0.713. The first-order chi connectivity index (χ1) is 5.61. The minimum absolute atomic E-state index is 0.388. The first kappa shape index (κ1) is 9.47. The molecule has 0 saturated heterocycles. The molecule has 2 nitrogen and oxygen atoms in total. The van der Waals surface area contributed by atoms with Gasteiger partial charge in [-0.05, 0) is 0 Å². The number of hydrogen-bond donors (Lipinski definition) is 0. The van der Waals surface area contributed by atoms with Crippen LogP contribution in [-0.4, -0.2) is 14.5 Å². The molecule has 0 radical (unpaired) electrons. The van der Waals surface area contributed by atoms with E-state index in [0.717, 1.165) is 5.56 Å². The van der Waals surface area contributed by atoms with Crippen LogP contribution in [0.5, 0.6) is 0 Å². The van der Waals surface area contributed by atoms with Crippen LogP contribution in [0.2, 0.25) is 0 Å². The standard InChI is InChI=1S/C9H11AsO2/c1-7(2)8-4-3-5-9(6-8)10(11)12/h3-7H,1-2H3. The zero-order valence-electron chi connectivity index (χ0n) is 7.15. The summed E-state index contributed by atoms with van der Waals surface area (Å²) in [6.07, 6.45) is 0. The van der Waals surface area contributed by atoms with E-state index < -0.39 is 14.5 Å². The molecule has 0 N–H and O–H groups in total. The van der Waals surface area contributed by atoms with Crippen LogP contribution in [-0.2, 0) is 7.48 Å². The maximum absolute atomic E-state index is 10.7. The van der Waals surface area contributed by atoms with Crippen LogP contribution in [0, 0.1) is 0 Å². The zero-order chi connectivity index (χ0) is 9.14. The summed E-state index contributed by atoms with van der Waals surface area (Å²) in [5.41, 5.74) is 1.08. The molecular weight excluding hydrogens is 215 g/mol. The summed E-state index contributed by atoms with van der Waals surface area (Å²) in [4.78, 5) is 0. The molecule has 0 spiro atoms. The average Bonchev–Trinajstić information content (AvgIpc) is 2.04. The van der Waals surface area contributed by atoms with Gasteiger partial charge in [0.05, 0.1) is 0 Å². The van der Waals surface area contributed by atoms with E-state index in [-0.39, 0.29) is 0 Å². The predicted octanol–water partition coefficient (Wildman–Crippen LogP) is 1.37. The summed E-state index contributed by atoms with van der Waals surface area (Å²) >= 11 is -3.16. The van der Waals surface area contributed by atoms with E-state index in [1.54, 1.807) is 18.2 Å². The third-order valence-electron chi connectivity index (χ3n) is 1.75. The second-order valence-electron chi connectivity index (χ2n) is 3.01. The molecule has 0 amide bonds. The molecule has 1 rings (SSSR count). The van der Waals surface area contributed by atoms with Crippen LogP contribution >= 0.6 is 0 Å². The molecule has 1 aromatic carbocycles. The average molecular weight is 226 g/mol. The number of rotatable bonds is 2. The third-order valence-corrected chi connectivity index (χ3v) is 3.22. The molecule has 0 aromatic heterocycles.